The molecule has 1 saturated carbocycles. The highest BCUT2D eigenvalue weighted by Crippen LogP contribution is 2.36. The topological polar surface area (TPSA) is 55.8 Å². The van der Waals surface area contributed by atoms with Crippen LogP contribution in [0.25, 0.3) is 11.1 Å². The zero-order valence-electron chi connectivity index (χ0n) is 14.2. The number of carboxylic acids is 1. The number of para-hydroxylation sites is 1. The Kier molecular flexibility index (Phi) is 5.71. The fraction of sp³-hybridized carbons (Fsp3) is 0.350. The fourth-order valence-electron chi connectivity index (χ4n) is 2.57. The van der Waals surface area contributed by atoms with Crippen LogP contribution in [0.3, 0.4) is 0 Å². The minimum Gasteiger partial charge on any atom is -0.493 e. The van der Waals surface area contributed by atoms with E-state index in [0.29, 0.717) is 29.4 Å². The largest absolute Gasteiger partial charge is 0.493 e. The number of ether oxygens (including phenoxy) is 2. The first-order chi connectivity index (χ1) is 12.5. The third-order valence-corrected chi connectivity index (χ3v) is 4.15. The van der Waals surface area contributed by atoms with Gasteiger partial charge < -0.3 is 14.6 Å². The highest BCUT2D eigenvalue weighted by atomic mass is 19.1. The summed E-state index contributed by atoms with van der Waals surface area (Å²) in [6.45, 7) is 0.535. The molecule has 0 atom stereocenters. The first-order valence-electron chi connectivity index (χ1n) is 8.60. The Labute approximate surface area is 150 Å². The van der Waals surface area contributed by atoms with Crippen molar-refractivity contribution in [3.05, 3.63) is 48.0 Å². The van der Waals surface area contributed by atoms with Crippen LogP contribution in [0.2, 0.25) is 0 Å². The van der Waals surface area contributed by atoms with Crippen molar-refractivity contribution in [3.8, 4) is 22.6 Å². The second kappa shape index (κ2) is 8.17. The van der Waals surface area contributed by atoms with Crippen molar-refractivity contribution >= 4 is 5.97 Å². The summed E-state index contributed by atoms with van der Waals surface area (Å²) in [5, 5.41) is 8.57. The van der Waals surface area contributed by atoms with E-state index in [4.69, 9.17) is 14.6 Å². The summed E-state index contributed by atoms with van der Waals surface area (Å²) in [5.41, 5.74) is 0.979. The molecule has 138 valence electrons. The molecule has 0 amide bonds. The Morgan fingerprint density at radius 3 is 2.46 bits per heavy atom. The summed E-state index contributed by atoms with van der Waals surface area (Å²) in [5.74, 6) is -1.96. The number of halogens is 2. The lowest BCUT2D eigenvalue weighted by Crippen LogP contribution is -2.05. The van der Waals surface area contributed by atoms with E-state index in [1.54, 1.807) is 18.2 Å². The Morgan fingerprint density at radius 2 is 1.81 bits per heavy atom. The number of benzene rings is 2. The number of rotatable bonds is 9. The zero-order chi connectivity index (χ0) is 18.5. The summed E-state index contributed by atoms with van der Waals surface area (Å²) in [6, 6.07) is 9.54. The first kappa shape index (κ1) is 18.2. The van der Waals surface area contributed by atoms with E-state index in [-0.39, 0.29) is 19.4 Å². The maximum Gasteiger partial charge on any atom is 0.303 e. The van der Waals surface area contributed by atoms with Gasteiger partial charge in [0, 0.05) is 12.0 Å². The van der Waals surface area contributed by atoms with Crippen molar-refractivity contribution in [3.63, 3.8) is 0 Å². The van der Waals surface area contributed by atoms with Gasteiger partial charge in [0.2, 0.25) is 0 Å². The molecule has 1 aliphatic rings. The summed E-state index contributed by atoms with van der Waals surface area (Å²) in [6.07, 6.45) is 2.36. The van der Waals surface area contributed by atoms with Crippen molar-refractivity contribution < 1.29 is 28.2 Å². The summed E-state index contributed by atoms with van der Waals surface area (Å²) in [4.78, 5) is 10.5. The molecule has 0 bridgehead atoms. The van der Waals surface area contributed by atoms with Crippen molar-refractivity contribution in [1.82, 2.24) is 0 Å². The van der Waals surface area contributed by atoms with Crippen LogP contribution in [0.5, 0.6) is 11.5 Å². The van der Waals surface area contributed by atoms with Crippen LogP contribution in [-0.4, -0.2) is 24.3 Å². The average Bonchev–Trinajstić information content (AvgIpc) is 3.43. The molecule has 0 saturated heterocycles. The number of hydrogen-bond donors (Lipinski definition) is 1. The fourth-order valence-corrected chi connectivity index (χ4v) is 2.57. The van der Waals surface area contributed by atoms with Gasteiger partial charge in [0.1, 0.15) is 5.75 Å². The lowest BCUT2D eigenvalue weighted by Gasteiger charge is -2.13. The maximum atomic E-state index is 14.3. The number of carboxylic acid groups (broad SMARTS) is 1. The van der Waals surface area contributed by atoms with Gasteiger partial charge in [-0.25, -0.2) is 8.78 Å². The molecule has 2 aromatic rings. The van der Waals surface area contributed by atoms with E-state index in [1.165, 1.54) is 12.1 Å². The van der Waals surface area contributed by atoms with Crippen molar-refractivity contribution in [2.45, 2.75) is 25.7 Å². The molecule has 1 N–H and O–H groups in total. The van der Waals surface area contributed by atoms with Gasteiger partial charge in [0.25, 0.3) is 0 Å². The molecule has 1 fully saturated rings. The Hall–Kier alpha value is -2.63. The molecule has 3 rings (SSSR count). The van der Waals surface area contributed by atoms with E-state index in [0.717, 1.165) is 12.8 Å². The predicted octanol–water partition coefficient (Wildman–Crippen LogP) is 4.66. The molecule has 4 nitrogen and oxygen atoms in total. The standard InChI is InChI=1S/C20H20F2O4/c21-16-10-14(11-17(22)20(16)25-9-3-6-19(23)24)15-4-1-2-5-18(15)26-12-13-7-8-13/h1-2,4-5,10-11,13H,3,6-9,12H2,(H,23,24). The second-order valence-electron chi connectivity index (χ2n) is 6.37. The van der Waals surface area contributed by atoms with E-state index < -0.39 is 23.4 Å². The summed E-state index contributed by atoms with van der Waals surface area (Å²) < 4.78 is 39.5. The van der Waals surface area contributed by atoms with Gasteiger partial charge in [-0.05, 0) is 48.9 Å². The molecule has 6 heteroatoms. The molecule has 0 radical (unpaired) electrons. The molecule has 0 aliphatic heterocycles. The first-order valence-corrected chi connectivity index (χ1v) is 8.60. The van der Waals surface area contributed by atoms with Crippen LogP contribution in [0, 0.1) is 17.6 Å². The van der Waals surface area contributed by atoms with E-state index in [1.807, 2.05) is 6.07 Å². The van der Waals surface area contributed by atoms with Gasteiger partial charge in [0.15, 0.2) is 17.4 Å². The third kappa shape index (κ3) is 4.71. The molecular weight excluding hydrogens is 342 g/mol. The SMILES string of the molecule is O=C(O)CCCOc1c(F)cc(-c2ccccc2OCC2CC2)cc1F. The molecule has 0 unspecified atom stereocenters. The third-order valence-electron chi connectivity index (χ3n) is 4.15. The minimum absolute atomic E-state index is 0.0689. The normalized spacial score (nSPS) is 13.5. The Bertz CT molecular complexity index is 764. The maximum absolute atomic E-state index is 14.3. The van der Waals surface area contributed by atoms with E-state index in [9.17, 15) is 13.6 Å². The molecule has 2 aromatic carbocycles. The molecule has 0 aromatic heterocycles. The average molecular weight is 362 g/mol. The molecular formula is C20H20F2O4. The second-order valence-corrected chi connectivity index (χ2v) is 6.37. The highest BCUT2D eigenvalue weighted by molar-refractivity contribution is 5.71. The lowest BCUT2D eigenvalue weighted by atomic mass is 10.0. The Balaban J connectivity index is 1.75. The van der Waals surface area contributed by atoms with Gasteiger partial charge in [-0.3, -0.25) is 4.79 Å². The summed E-state index contributed by atoms with van der Waals surface area (Å²) >= 11 is 0. The molecule has 0 spiro atoms. The van der Waals surface area contributed by atoms with Crippen LogP contribution >= 0.6 is 0 Å². The molecule has 0 heterocycles. The van der Waals surface area contributed by atoms with Crippen molar-refractivity contribution in [2.24, 2.45) is 5.92 Å². The Morgan fingerprint density at radius 1 is 1.12 bits per heavy atom. The van der Waals surface area contributed by atoms with Crippen LogP contribution < -0.4 is 9.47 Å². The smallest absolute Gasteiger partial charge is 0.303 e. The van der Waals surface area contributed by atoms with Crippen LogP contribution in [-0.2, 0) is 4.79 Å². The van der Waals surface area contributed by atoms with Gasteiger partial charge in [-0.1, -0.05) is 18.2 Å². The van der Waals surface area contributed by atoms with Crippen LogP contribution in [0.4, 0.5) is 8.78 Å². The molecule has 26 heavy (non-hydrogen) atoms. The van der Waals surface area contributed by atoms with Crippen LogP contribution in [0.15, 0.2) is 36.4 Å². The lowest BCUT2D eigenvalue weighted by molar-refractivity contribution is -0.137. The van der Waals surface area contributed by atoms with E-state index >= 15 is 0 Å². The predicted molar refractivity (Wildman–Crippen MR) is 92.4 cm³/mol. The number of aliphatic carboxylic acids is 1. The van der Waals surface area contributed by atoms with Crippen LogP contribution in [0.1, 0.15) is 25.7 Å². The molecule has 1 aliphatic carbocycles. The van der Waals surface area contributed by atoms with Crippen molar-refractivity contribution in [1.29, 1.82) is 0 Å². The van der Waals surface area contributed by atoms with Gasteiger partial charge in [-0.2, -0.15) is 0 Å². The number of hydrogen-bond acceptors (Lipinski definition) is 3. The summed E-state index contributed by atoms with van der Waals surface area (Å²) in [7, 11) is 0. The van der Waals surface area contributed by atoms with E-state index in [2.05, 4.69) is 0 Å². The quantitative estimate of drug-likeness (QED) is 0.659. The zero-order valence-corrected chi connectivity index (χ0v) is 14.2. The highest BCUT2D eigenvalue weighted by Gasteiger charge is 2.23. The number of carbonyl (C=O) groups is 1. The van der Waals surface area contributed by atoms with Crippen molar-refractivity contribution in [2.75, 3.05) is 13.2 Å². The van der Waals surface area contributed by atoms with Gasteiger partial charge >= 0.3 is 5.97 Å². The minimum atomic E-state index is -0.979. The van der Waals surface area contributed by atoms with Gasteiger partial charge in [-0.15, -0.1) is 0 Å². The van der Waals surface area contributed by atoms with Gasteiger partial charge in [0.05, 0.1) is 13.2 Å². The monoisotopic (exact) mass is 362 g/mol.